The summed E-state index contributed by atoms with van der Waals surface area (Å²) in [5.41, 5.74) is 2.40. The van der Waals surface area contributed by atoms with Crippen LogP contribution in [0.3, 0.4) is 0 Å². The summed E-state index contributed by atoms with van der Waals surface area (Å²) in [5.74, 6) is 0.476. The lowest BCUT2D eigenvalue weighted by molar-refractivity contribution is 0.0663. The minimum absolute atomic E-state index is 0.0883. The third-order valence-corrected chi connectivity index (χ3v) is 6.40. The van der Waals surface area contributed by atoms with Crippen molar-refractivity contribution in [3.8, 4) is 5.75 Å². The molecule has 0 aliphatic carbocycles. The second-order valence-electron chi connectivity index (χ2n) is 8.05. The van der Waals surface area contributed by atoms with Crippen molar-refractivity contribution < 1.29 is 18.7 Å². The van der Waals surface area contributed by atoms with E-state index in [1.165, 1.54) is 0 Å². The van der Waals surface area contributed by atoms with Gasteiger partial charge in [-0.05, 0) is 41.5 Å². The highest BCUT2D eigenvalue weighted by molar-refractivity contribution is 9.10. The number of carbonyl (C=O) groups is 1. The summed E-state index contributed by atoms with van der Waals surface area (Å²) in [5, 5.41) is 0.433. The maximum absolute atomic E-state index is 13.5. The van der Waals surface area contributed by atoms with E-state index in [4.69, 9.17) is 13.9 Å². The average Bonchev–Trinajstić information content (AvgIpc) is 3.14. The first-order chi connectivity index (χ1) is 16.6. The number of methoxy groups -OCH3 is 1. The lowest BCUT2D eigenvalue weighted by Crippen LogP contribution is -2.32. The number of ether oxygens (including phenoxy) is 2. The fourth-order valence-electron chi connectivity index (χ4n) is 4.25. The van der Waals surface area contributed by atoms with Gasteiger partial charge in [-0.2, -0.15) is 0 Å². The molecule has 6 nitrogen and oxygen atoms in total. The number of fused-ring (bicyclic) bond motifs is 2. The minimum atomic E-state index is -0.569. The molecule has 0 fully saturated rings. The number of hydrogen-bond donors (Lipinski definition) is 0. The van der Waals surface area contributed by atoms with E-state index in [-0.39, 0.29) is 17.1 Å². The molecule has 0 radical (unpaired) electrons. The van der Waals surface area contributed by atoms with Gasteiger partial charge in [0.2, 0.25) is 5.76 Å². The van der Waals surface area contributed by atoms with E-state index in [0.29, 0.717) is 42.0 Å². The molecule has 1 amide bonds. The monoisotopic (exact) mass is 519 g/mol. The molecule has 7 heteroatoms. The van der Waals surface area contributed by atoms with Crippen molar-refractivity contribution in [3.63, 3.8) is 0 Å². The zero-order chi connectivity index (χ0) is 23.7. The van der Waals surface area contributed by atoms with Gasteiger partial charge in [-0.25, -0.2) is 0 Å². The number of nitrogens with zero attached hydrogens (tertiary/aromatic N) is 1. The zero-order valence-electron chi connectivity index (χ0n) is 18.5. The Balaban J connectivity index is 1.52. The Morgan fingerprint density at radius 1 is 1.00 bits per heavy atom. The average molecular weight is 520 g/mol. The molecule has 0 saturated heterocycles. The smallest absolute Gasteiger partial charge is 0.290 e. The standard InChI is InChI=1S/C27H22BrNO5/c1-32-14-13-29-24(18-7-10-20(11-8-18)33-16-17-5-3-2-4-6-17)23-25(30)21-15-19(28)9-12-22(21)34-26(23)27(29)31/h2-12,15,24H,13-14,16H2,1H3. The van der Waals surface area contributed by atoms with Gasteiger partial charge >= 0.3 is 0 Å². The third kappa shape index (κ3) is 4.13. The van der Waals surface area contributed by atoms with Crippen molar-refractivity contribution in [2.45, 2.75) is 12.6 Å². The van der Waals surface area contributed by atoms with Gasteiger partial charge in [0.15, 0.2) is 5.43 Å². The molecule has 0 saturated carbocycles. The summed E-state index contributed by atoms with van der Waals surface area (Å²) >= 11 is 3.42. The van der Waals surface area contributed by atoms with Crippen LogP contribution in [0.4, 0.5) is 0 Å². The number of hydrogen-bond acceptors (Lipinski definition) is 5. The fraction of sp³-hybridized carbons (Fsp3) is 0.185. The molecular weight excluding hydrogens is 498 g/mol. The Kier molecular flexibility index (Phi) is 6.22. The van der Waals surface area contributed by atoms with E-state index in [9.17, 15) is 9.59 Å². The molecule has 5 rings (SSSR count). The first-order valence-corrected chi connectivity index (χ1v) is 11.7. The van der Waals surface area contributed by atoms with E-state index < -0.39 is 6.04 Å². The molecule has 2 heterocycles. The van der Waals surface area contributed by atoms with E-state index in [2.05, 4.69) is 15.9 Å². The van der Waals surface area contributed by atoms with Crippen LogP contribution < -0.4 is 10.2 Å². The number of amides is 1. The molecule has 1 aromatic heterocycles. The molecule has 34 heavy (non-hydrogen) atoms. The van der Waals surface area contributed by atoms with E-state index in [0.717, 1.165) is 15.6 Å². The van der Waals surface area contributed by atoms with Gasteiger partial charge in [-0.1, -0.05) is 58.4 Å². The number of rotatable bonds is 7. The first kappa shape index (κ1) is 22.4. The van der Waals surface area contributed by atoms with Crippen LogP contribution in [0.2, 0.25) is 0 Å². The lowest BCUT2D eigenvalue weighted by Gasteiger charge is -2.25. The van der Waals surface area contributed by atoms with Gasteiger partial charge in [-0.15, -0.1) is 0 Å². The molecule has 0 spiro atoms. The second kappa shape index (κ2) is 9.44. The van der Waals surface area contributed by atoms with Crippen LogP contribution in [-0.4, -0.2) is 31.1 Å². The normalized spacial score (nSPS) is 15.1. The van der Waals surface area contributed by atoms with Crippen LogP contribution in [0, 0.1) is 0 Å². The van der Waals surface area contributed by atoms with Gasteiger partial charge in [0.05, 0.1) is 23.6 Å². The number of halogens is 1. The van der Waals surface area contributed by atoms with Crippen molar-refractivity contribution >= 4 is 32.8 Å². The first-order valence-electron chi connectivity index (χ1n) is 10.9. The SMILES string of the molecule is COCCN1C(=O)c2oc3ccc(Br)cc3c(=O)c2C1c1ccc(OCc2ccccc2)cc1. The summed E-state index contributed by atoms with van der Waals surface area (Å²) < 4.78 is 17.8. The van der Waals surface area contributed by atoms with Crippen LogP contribution in [0.1, 0.15) is 33.3 Å². The van der Waals surface area contributed by atoms with Gasteiger partial charge in [0, 0.05) is 18.1 Å². The van der Waals surface area contributed by atoms with Crippen molar-refractivity contribution in [2.24, 2.45) is 0 Å². The van der Waals surface area contributed by atoms with E-state index >= 15 is 0 Å². The molecule has 1 atom stereocenters. The van der Waals surface area contributed by atoms with Crippen molar-refractivity contribution in [1.82, 2.24) is 4.90 Å². The van der Waals surface area contributed by atoms with Crippen LogP contribution in [0.25, 0.3) is 11.0 Å². The van der Waals surface area contributed by atoms with Gasteiger partial charge < -0.3 is 18.8 Å². The summed E-state index contributed by atoms with van der Waals surface area (Å²) in [4.78, 5) is 28.4. The van der Waals surface area contributed by atoms with Crippen molar-refractivity contribution in [3.05, 3.63) is 110 Å². The Bertz CT molecular complexity index is 1400. The Labute approximate surface area is 204 Å². The van der Waals surface area contributed by atoms with Crippen LogP contribution in [0.15, 0.2) is 86.5 Å². The summed E-state index contributed by atoms with van der Waals surface area (Å²) in [6.07, 6.45) is 0. The molecule has 1 aliphatic rings. The van der Waals surface area contributed by atoms with Crippen LogP contribution >= 0.6 is 15.9 Å². The Hall–Kier alpha value is -3.42. The van der Waals surface area contributed by atoms with Crippen molar-refractivity contribution in [2.75, 3.05) is 20.3 Å². The highest BCUT2D eigenvalue weighted by atomic mass is 79.9. The number of carbonyl (C=O) groups excluding carboxylic acids is 1. The summed E-state index contributed by atoms with van der Waals surface area (Å²) in [6, 6.07) is 22.0. The summed E-state index contributed by atoms with van der Waals surface area (Å²) in [7, 11) is 1.58. The quantitative estimate of drug-likeness (QED) is 0.330. The van der Waals surface area contributed by atoms with Crippen LogP contribution in [0.5, 0.6) is 5.75 Å². The molecule has 3 aromatic carbocycles. The molecule has 1 unspecified atom stereocenters. The molecule has 0 N–H and O–H groups in total. The predicted octanol–water partition coefficient (Wildman–Crippen LogP) is 5.33. The minimum Gasteiger partial charge on any atom is -0.489 e. The maximum Gasteiger partial charge on any atom is 0.290 e. The predicted molar refractivity (Wildman–Crippen MR) is 132 cm³/mol. The van der Waals surface area contributed by atoms with E-state index in [1.54, 1.807) is 30.2 Å². The Morgan fingerprint density at radius 3 is 2.50 bits per heavy atom. The molecule has 4 aromatic rings. The topological polar surface area (TPSA) is 69.0 Å². The van der Waals surface area contributed by atoms with Crippen LogP contribution in [-0.2, 0) is 11.3 Å². The summed E-state index contributed by atoms with van der Waals surface area (Å²) in [6.45, 7) is 1.12. The van der Waals surface area contributed by atoms with E-state index in [1.807, 2.05) is 54.6 Å². The highest BCUT2D eigenvalue weighted by Gasteiger charge is 2.42. The largest absolute Gasteiger partial charge is 0.489 e. The van der Waals surface area contributed by atoms with Gasteiger partial charge in [-0.3, -0.25) is 9.59 Å². The number of benzene rings is 3. The van der Waals surface area contributed by atoms with Gasteiger partial charge in [0.25, 0.3) is 5.91 Å². The molecule has 0 bridgehead atoms. The Morgan fingerprint density at radius 2 is 1.76 bits per heavy atom. The highest BCUT2D eigenvalue weighted by Crippen LogP contribution is 2.38. The van der Waals surface area contributed by atoms with Gasteiger partial charge in [0.1, 0.15) is 17.9 Å². The molecule has 172 valence electrons. The second-order valence-corrected chi connectivity index (χ2v) is 8.97. The fourth-order valence-corrected chi connectivity index (χ4v) is 4.61. The molecule has 1 aliphatic heterocycles. The van der Waals surface area contributed by atoms with Crippen molar-refractivity contribution in [1.29, 1.82) is 0 Å². The maximum atomic E-state index is 13.5. The molecular formula is C27H22BrNO5. The third-order valence-electron chi connectivity index (χ3n) is 5.91. The zero-order valence-corrected chi connectivity index (χ0v) is 20.1. The lowest BCUT2D eigenvalue weighted by atomic mass is 9.98.